The second kappa shape index (κ2) is 17.7. The Hall–Kier alpha value is -6.56. The lowest BCUT2D eigenvalue weighted by Gasteiger charge is -2.19. The van der Waals surface area contributed by atoms with Crippen LogP contribution in [0, 0.1) is 0 Å². The predicted molar refractivity (Wildman–Crippen MR) is 230 cm³/mol. The zero-order valence-electron chi connectivity index (χ0n) is 33.8. The fourth-order valence-electron chi connectivity index (χ4n) is 7.22. The molecule has 0 unspecified atom stereocenters. The van der Waals surface area contributed by atoms with E-state index in [1.165, 1.54) is 6.42 Å². The quantitative estimate of drug-likeness (QED) is 0.141. The van der Waals surface area contributed by atoms with Crippen molar-refractivity contribution in [3.8, 4) is 28.7 Å². The first-order chi connectivity index (χ1) is 28.3. The van der Waals surface area contributed by atoms with E-state index in [2.05, 4.69) is 31.3 Å². The van der Waals surface area contributed by atoms with E-state index >= 15 is 0 Å². The van der Waals surface area contributed by atoms with Crippen LogP contribution in [0.5, 0.6) is 28.7 Å². The van der Waals surface area contributed by atoms with E-state index in [-0.39, 0.29) is 25.3 Å². The molecule has 0 radical (unpaired) electrons. The molecule has 4 aliphatic heterocycles. The number of carbonyl (C=O) groups is 2. The van der Waals surface area contributed by atoms with E-state index in [0.29, 0.717) is 78.0 Å². The van der Waals surface area contributed by atoms with Gasteiger partial charge in [-0.25, -0.2) is 0 Å². The van der Waals surface area contributed by atoms with Gasteiger partial charge in [0, 0.05) is 70.4 Å². The van der Waals surface area contributed by atoms with Crippen molar-refractivity contribution >= 4 is 52.5 Å². The number of amides is 2. The largest absolute Gasteiger partial charge is 0.497 e. The molecule has 4 aliphatic rings. The highest BCUT2D eigenvalue weighted by Crippen LogP contribution is 2.42. The highest BCUT2D eigenvalue weighted by molar-refractivity contribution is 6.06. The molecule has 1 N–H and O–H groups in total. The van der Waals surface area contributed by atoms with Gasteiger partial charge in [-0.05, 0) is 58.7 Å². The summed E-state index contributed by atoms with van der Waals surface area (Å²) in [5.41, 5.74) is 7.18. The summed E-state index contributed by atoms with van der Waals surface area (Å²) in [7, 11) is 6.61. The first kappa shape index (κ1) is 39.7. The fourth-order valence-corrected chi connectivity index (χ4v) is 7.22. The summed E-state index contributed by atoms with van der Waals surface area (Å²) in [6.45, 7) is 4.87. The molecule has 4 aromatic rings. The number of anilines is 1. The van der Waals surface area contributed by atoms with Crippen LogP contribution in [0.15, 0.2) is 95.2 Å². The van der Waals surface area contributed by atoms with Crippen molar-refractivity contribution in [3.63, 3.8) is 0 Å². The van der Waals surface area contributed by atoms with Crippen molar-refractivity contribution in [1.29, 1.82) is 0 Å². The first-order valence-corrected chi connectivity index (χ1v) is 19.6. The molecule has 0 fully saturated rings. The van der Waals surface area contributed by atoms with E-state index in [1.54, 1.807) is 55.4 Å². The third-order valence-corrected chi connectivity index (χ3v) is 10.2. The van der Waals surface area contributed by atoms with Crippen molar-refractivity contribution in [2.24, 2.45) is 9.98 Å². The van der Waals surface area contributed by atoms with Gasteiger partial charge in [-0.2, -0.15) is 0 Å². The van der Waals surface area contributed by atoms with Gasteiger partial charge in [-0.3, -0.25) is 19.6 Å². The molecule has 0 bridgehead atoms. The number of methoxy groups -OCH3 is 3. The molecule has 58 heavy (non-hydrogen) atoms. The summed E-state index contributed by atoms with van der Waals surface area (Å²) in [6, 6.07) is 22.4. The smallest absolute Gasteiger partial charge is 0.260 e. The van der Waals surface area contributed by atoms with E-state index in [1.807, 2.05) is 68.3 Å². The Bertz CT molecular complexity index is 2130. The third-order valence-electron chi connectivity index (χ3n) is 10.2. The maximum Gasteiger partial charge on any atom is 0.260 e. The topological polar surface area (TPSA) is 124 Å². The molecule has 0 aromatic heterocycles. The van der Waals surface area contributed by atoms with Gasteiger partial charge in [0.15, 0.2) is 23.0 Å². The van der Waals surface area contributed by atoms with Crippen LogP contribution in [0.3, 0.4) is 0 Å². The molecule has 4 heterocycles. The molecule has 2 amide bonds. The van der Waals surface area contributed by atoms with Gasteiger partial charge in [0.25, 0.3) is 11.8 Å². The van der Waals surface area contributed by atoms with Crippen LogP contribution in [0.4, 0.5) is 17.1 Å². The van der Waals surface area contributed by atoms with Gasteiger partial charge < -0.3 is 38.8 Å². The Balaban J connectivity index is 0.00000142. The van der Waals surface area contributed by atoms with Crippen molar-refractivity contribution in [2.45, 2.75) is 51.6 Å². The first-order valence-electron chi connectivity index (χ1n) is 19.6. The van der Waals surface area contributed by atoms with Crippen LogP contribution < -0.4 is 29.0 Å². The number of fused-ring (bicyclic) bond motifs is 4. The molecule has 12 nitrogen and oxygen atoms in total. The molecule has 0 spiro atoms. The average molecular weight is 786 g/mol. The minimum atomic E-state index is -0.202. The second-order valence-corrected chi connectivity index (χ2v) is 14.2. The van der Waals surface area contributed by atoms with Crippen molar-refractivity contribution < 1.29 is 34.7 Å². The number of hydrogen-bond donors (Lipinski definition) is 1. The van der Waals surface area contributed by atoms with Crippen LogP contribution in [0.2, 0.25) is 0 Å². The van der Waals surface area contributed by atoms with E-state index < -0.39 is 0 Å². The van der Waals surface area contributed by atoms with Crippen molar-refractivity contribution in [2.75, 3.05) is 46.9 Å². The highest BCUT2D eigenvalue weighted by Gasteiger charge is 2.35. The SMILES string of the molecule is CCC.CNc1ccc(C2=CN3C(=O)c4cc(OC)c(OCCCOc5cc6c(cc5OC)C(=O)N5C=C(c7ccc(OC)cc7)C[C@H]5C=N6)cc4N=C[C@@H]3C2)cc1.[HH]. The normalized spacial score (nSPS) is 17.3. The summed E-state index contributed by atoms with van der Waals surface area (Å²) < 4.78 is 28.8. The minimum absolute atomic E-state index is 0. The maximum absolute atomic E-state index is 13.8. The number of carbonyl (C=O) groups excluding carboxylic acids is 2. The summed E-state index contributed by atoms with van der Waals surface area (Å²) in [5, 5.41) is 3.13. The number of nitrogens with one attached hydrogen (secondary N) is 1. The minimum Gasteiger partial charge on any atom is -0.497 e. The van der Waals surface area contributed by atoms with Gasteiger partial charge >= 0.3 is 0 Å². The van der Waals surface area contributed by atoms with Crippen LogP contribution in [0.1, 0.15) is 72.8 Å². The molecule has 0 aliphatic carbocycles. The van der Waals surface area contributed by atoms with Crippen LogP contribution in [-0.4, -0.2) is 87.7 Å². The fraction of sp³-hybridized carbons (Fsp3) is 0.304. The van der Waals surface area contributed by atoms with E-state index in [0.717, 1.165) is 33.7 Å². The van der Waals surface area contributed by atoms with Crippen LogP contribution in [0.25, 0.3) is 11.1 Å². The zero-order valence-corrected chi connectivity index (χ0v) is 33.8. The summed E-state index contributed by atoms with van der Waals surface area (Å²) in [4.78, 5) is 40.4. The number of nitrogens with zero attached hydrogens (tertiary/aromatic N) is 4. The molecule has 12 heteroatoms. The van der Waals surface area contributed by atoms with Crippen molar-refractivity contribution in [1.82, 2.24) is 9.80 Å². The Kier molecular flexibility index (Phi) is 12.1. The Morgan fingerprint density at radius 3 is 1.52 bits per heavy atom. The molecule has 4 aromatic carbocycles. The Labute approximate surface area is 340 Å². The number of aliphatic imine (C=N–C) groups is 2. The molecule has 302 valence electrons. The zero-order chi connectivity index (χ0) is 40.8. The van der Waals surface area contributed by atoms with Gasteiger partial charge in [0.05, 0.1) is 69.1 Å². The molecule has 2 atom stereocenters. The lowest BCUT2D eigenvalue weighted by Crippen LogP contribution is -2.32. The number of ether oxygens (including phenoxy) is 5. The average Bonchev–Trinajstić information content (AvgIpc) is 3.84. The molecule has 0 saturated heterocycles. The molecular formula is C46H51N5O7. The van der Waals surface area contributed by atoms with Crippen molar-refractivity contribution in [3.05, 3.63) is 107 Å². The molecule has 0 saturated carbocycles. The lowest BCUT2D eigenvalue weighted by atomic mass is 10.0. The predicted octanol–water partition coefficient (Wildman–Crippen LogP) is 9.21. The molecular weight excluding hydrogens is 735 g/mol. The Morgan fingerprint density at radius 2 is 1.10 bits per heavy atom. The molecule has 8 rings (SSSR count). The van der Waals surface area contributed by atoms with Gasteiger partial charge in [-0.15, -0.1) is 0 Å². The standard InChI is InChI=1S/C43H41N5O7.C3H8.H2/c1-44-30-10-6-26(7-11-30)28-16-31-22-45-36-20-40(38(52-3)18-34(36)42(49)47(31)24-28)54-14-5-15-55-41-21-37-35(19-39(41)53-4)43(50)48-25-29(17-32(48)23-46-37)27-8-12-33(51-2)13-9-27;1-3-2;/h6-13,18-25,31-32,44H,5,14-17H2,1-4H3;3H2,1-2H3;1H/t31-,32-;;/m0../s1. The monoisotopic (exact) mass is 785 g/mol. The third kappa shape index (κ3) is 8.13. The summed E-state index contributed by atoms with van der Waals surface area (Å²) in [5.74, 6) is 2.31. The highest BCUT2D eigenvalue weighted by atomic mass is 16.5. The summed E-state index contributed by atoms with van der Waals surface area (Å²) >= 11 is 0. The lowest BCUT2D eigenvalue weighted by molar-refractivity contribution is 0.0809. The van der Waals surface area contributed by atoms with E-state index in [9.17, 15) is 9.59 Å². The maximum atomic E-state index is 13.8. The van der Waals surface area contributed by atoms with Gasteiger partial charge in [-0.1, -0.05) is 44.5 Å². The number of rotatable bonds is 12. The second-order valence-electron chi connectivity index (χ2n) is 14.2. The van der Waals surface area contributed by atoms with Crippen LogP contribution >= 0.6 is 0 Å². The number of hydrogen-bond acceptors (Lipinski definition) is 10. The number of benzene rings is 4. The van der Waals surface area contributed by atoms with E-state index in [4.69, 9.17) is 33.7 Å². The van der Waals surface area contributed by atoms with Gasteiger partial charge in [0.2, 0.25) is 0 Å². The Morgan fingerprint density at radius 1 is 0.655 bits per heavy atom. The van der Waals surface area contributed by atoms with Crippen LogP contribution in [-0.2, 0) is 0 Å². The summed E-state index contributed by atoms with van der Waals surface area (Å²) in [6.07, 6.45) is 10.6. The van der Waals surface area contributed by atoms with Gasteiger partial charge in [0.1, 0.15) is 5.75 Å².